The number of thioether (sulfide) groups is 1. The molecule has 1 saturated heterocycles. The fourth-order valence-electron chi connectivity index (χ4n) is 3.15. The van der Waals surface area contributed by atoms with Gasteiger partial charge in [-0.1, -0.05) is 0 Å². The maximum absolute atomic E-state index is 12.1. The average molecular weight is 348 g/mol. The number of amides is 1. The smallest absolute Gasteiger partial charge is 0.223 e. The Balaban J connectivity index is 1.58. The summed E-state index contributed by atoms with van der Waals surface area (Å²) in [5.74, 6) is 3.52. The van der Waals surface area contributed by atoms with Crippen LogP contribution in [0.5, 0.6) is 0 Å². The molecule has 0 bridgehead atoms. The van der Waals surface area contributed by atoms with Crippen molar-refractivity contribution in [2.45, 2.75) is 31.7 Å². The number of likely N-dealkylation sites (tertiary alicyclic amines) is 1. The quantitative estimate of drug-likeness (QED) is 0.792. The van der Waals surface area contributed by atoms with Gasteiger partial charge in [-0.25, -0.2) is 4.98 Å². The summed E-state index contributed by atoms with van der Waals surface area (Å²) in [4.78, 5) is 18.2. The van der Waals surface area contributed by atoms with E-state index >= 15 is 0 Å². The maximum Gasteiger partial charge on any atom is 0.223 e. The Hall–Kier alpha value is -1.83. The molecule has 0 atom stereocenters. The van der Waals surface area contributed by atoms with Crippen LogP contribution in [0.1, 0.15) is 36.8 Å². The molecule has 0 saturated carbocycles. The molecule has 3 heterocycles. The zero-order valence-corrected chi connectivity index (χ0v) is 15.1. The number of nitrogens with zero attached hydrogens (tertiary/aromatic N) is 6. The van der Waals surface area contributed by atoms with Crippen molar-refractivity contribution in [3.63, 3.8) is 0 Å². The molecular weight excluding hydrogens is 324 g/mol. The van der Waals surface area contributed by atoms with Crippen LogP contribution in [0.3, 0.4) is 0 Å². The first-order valence-corrected chi connectivity index (χ1v) is 9.69. The van der Waals surface area contributed by atoms with Crippen molar-refractivity contribution in [1.82, 2.24) is 29.2 Å². The molecule has 1 fully saturated rings. The summed E-state index contributed by atoms with van der Waals surface area (Å²) in [6.45, 7) is 2.32. The molecule has 7 nitrogen and oxygen atoms in total. The van der Waals surface area contributed by atoms with E-state index in [1.54, 1.807) is 24.3 Å². The van der Waals surface area contributed by atoms with Crippen molar-refractivity contribution in [1.29, 1.82) is 0 Å². The third-order valence-electron chi connectivity index (χ3n) is 4.61. The highest BCUT2D eigenvalue weighted by atomic mass is 32.2. The van der Waals surface area contributed by atoms with Gasteiger partial charge in [0.05, 0.1) is 12.9 Å². The van der Waals surface area contributed by atoms with E-state index < -0.39 is 0 Å². The number of carbonyl (C=O) groups is 1. The monoisotopic (exact) mass is 348 g/mol. The molecular formula is C16H24N6OS. The van der Waals surface area contributed by atoms with E-state index in [0.717, 1.165) is 43.3 Å². The van der Waals surface area contributed by atoms with Gasteiger partial charge in [-0.05, 0) is 19.1 Å². The molecule has 0 aliphatic carbocycles. The first kappa shape index (κ1) is 17.0. The lowest BCUT2D eigenvalue weighted by molar-refractivity contribution is -0.131. The van der Waals surface area contributed by atoms with Gasteiger partial charge < -0.3 is 14.0 Å². The third kappa shape index (κ3) is 3.80. The zero-order chi connectivity index (χ0) is 16.9. The van der Waals surface area contributed by atoms with Gasteiger partial charge in [0.2, 0.25) is 5.91 Å². The van der Waals surface area contributed by atoms with Crippen LogP contribution < -0.4 is 0 Å². The minimum absolute atomic E-state index is 0.279. The van der Waals surface area contributed by atoms with Crippen molar-refractivity contribution >= 4 is 17.7 Å². The Kier molecular flexibility index (Phi) is 5.55. The first-order valence-electron chi connectivity index (χ1n) is 8.29. The summed E-state index contributed by atoms with van der Waals surface area (Å²) in [6.07, 6.45) is 10.1. The first-order chi connectivity index (χ1) is 11.7. The molecule has 1 amide bonds. The SMILES string of the molecule is CSCCC(=O)N1CCC(c2nnc(Cn3ccnc3)n2C)CC1. The lowest BCUT2D eigenvalue weighted by Gasteiger charge is -2.31. The Bertz CT molecular complexity index is 660. The molecule has 2 aromatic rings. The van der Waals surface area contributed by atoms with Gasteiger partial charge >= 0.3 is 0 Å². The van der Waals surface area contributed by atoms with Crippen LogP contribution in [0.2, 0.25) is 0 Å². The van der Waals surface area contributed by atoms with E-state index in [2.05, 4.69) is 19.7 Å². The summed E-state index contributed by atoms with van der Waals surface area (Å²) in [6, 6.07) is 0. The van der Waals surface area contributed by atoms with Gasteiger partial charge in [0, 0.05) is 50.6 Å². The van der Waals surface area contributed by atoms with Crippen LogP contribution in [-0.4, -0.2) is 60.2 Å². The highest BCUT2D eigenvalue weighted by Gasteiger charge is 2.27. The molecule has 1 aliphatic heterocycles. The lowest BCUT2D eigenvalue weighted by Crippen LogP contribution is -2.38. The second kappa shape index (κ2) is 7.83. The summed E-state index contributed by atoms with van der Waals surface area (Å²) >= 11 is 1.72. The van der Waals surface area contributed by atoms with E-state index in [1.807, 2.05) is 29.0 Å². The highest BCUT2D eigenvalue weighted by Crippen LogP contribution is 2.27. The van der Waals surface area contributed by atoms with Gasteiger partial charge in [-0.2, -0.15) is 11.8 Å². The van der Waals surface area contributed by atoms with Gasteiger partial charge in [-0.3, -0.25) is 4.79 Å². The van der Waals surface area contributed by atoms with Crippen molar-refractivity contribution in [2.75, 3.05) is 25.1 Å². The van der Waals surface area contributed by atoms with Crippen LogP contribution in [0, 0.1) is 0 Å². The number of piperidine rings is 1. The summed E-state index contributed by atoms with van der Waals surface area (Å²) < 4.78 is 4.08. The standard InChI is InChI=1S/C16H24N6OS/c1-20-14(11-21-9-6-17-12-21)18-19-16(20)13-3-7-22(8-4-13)15(23)5-10-24-2/h6,9,12-13H,3-5,7-8,10-11H2,1-2H3. The molecule has 1 aliphatic rings. The van der Waals surface area contributed by atoms with Crippen molar-refractivity contribution in [3.05, 3.63) is 30.4 Å². The number of hydrogen-bond acceptors (Lipinski definition) is 5. The van der Waals surface area contributed by atoms with Crippen molar-refractivity contribution < 1.29 is 4.79 Å². The molecule has 2 aromatic heterocycles. The van der Waals surface area contributed by atoms with Crippen LogP contribution >= 0.6 is 11.8 Å². The fourth-order valence-corrected chi connectivity index (χ4v) is 3.53. The topological polar surface area (TPSA) is 68.8 Å². The molecule has 0 N–H and O–H groups in total. The second-order valence-corrected chi connectivity index (χ2v) is 7.15. The third-order valence-corrected chi connectivity index (χ3v) is 5.23. The van der Waals surface area contributed by atoms with Crippen LogP contribution in [-0.2, 0) is 18.4 Å². The van der Waals surface area contributed by atoms with Crippen LogP contribution in [0.15, 0.2) is 18.7 Å². The minimum atomic E-state index is 0.279. The number of rotatable bonds is 6. The van der Waals surface area contributed by atoms with Gasteiger partial charge in [0.1, 0.15) is 5.82 Å². The molecule has 0 spiro atoms. The minimum Gasteiger partial charge on any atom is -0.343 e. The van der Waals surface area contributed by atoms with Crippen LogP contribution in [0.4, 0.5) is 0 Å². The summed E-state index contributed by atoms with van der Waals surface area (Å²) in [5, 5.41) is 8.75. The van der Waals surface area contributed by atoms with Gasteiger partial charge in [0.15, 0.2) is 5.82 Å². The summed E-state index contributed by atoms with van der Waals surface area (Å²) in [7, 11) is 2.03. The van der Waals surface area contributed by atoms with E-state index in [-0.39, 0.29) is 5.91 Å². The molecule has 24 heavy (non-hydrogen) atoms. The average Bonchev–Trinajstić information content (AvgIpc) is 3.24. The predicted molar refractivity (Wildman–Crippen MR) is 93.9 cm³/mol. The molecule has 3 rings (SSSR count). The predicted octanol–water partition coefficient (Wildman–Crippen LogP) is 1.52. The van der Waals surface area contributed by atoms with E-state index in [1.165, 1.54) is 0 Å². The van der Waals surface area contributed by atoms with Gasteiger partial charge in [-0.15, -0.1) is 10.2 Å². The number of imidazole rings is 1. The maximum atomic E-state index is 12.1. The normalized spacial score (nSPS) is 15.8. The molecule has 0 unspecified atom stereocenters. The van der Waals surface area contributed by atoms with Gasteiger partial charge in [0.25, 0.3) is 0 Å². The second-order valence-electron chi connectivity index (χ2n) is 6.17. The Morgan fingerprint density at radius 1 is 1.33 bits per heavy atom. The summed E-state index contributed by atoms with van der Waals surface area (Å²) in [5.41, 5.74) is 0. The number of aromatic nitrogens is 5. The van der Waals surface area contributed by atoms with Crippen molar-refractivity contribution in [2.24, 2.45) is 7.05 Å². The molecule has 0 radical (unpaired) electrons. The molecule has 8 heteroatoms. The largest absolute Gasteiger partial charge is 0.343 e. The van der Waals surface area contributed by atoms with E-state index in [4.69, 9.17) is 0 Å². The Labute approximate surface area is 146 Å². The Morgan fingerprint density at radius 2 is 2.12 bits per heavy atom. The molecule has 0 aromatic carbocycles. The zero-order valence-electron chi connectivity index (χ0n) is 14.3. The number of carbonyl (C=O) groups excluding carboxylic acids is 1. The fraction of sp³-hybridized carbons (Fsp3) is 0.625. The number of hydrogen-bond donors (Lipinski definition) is 0. The Morgan fingerprint density at radius 3 is 2.79 bits per heavy atom. The van der Waals surface area contributed by atoms with Crippen molar-refractivity contribution in [3.8, 4) is 0 Å². The highest BCUT2D eigenvalue weighted by molar-refractivity contribution is 7.98. The van der Waals surface area contributed by atoms with Crippen LogP contribution in [0.25, 0.3) is 0 Å². The lowest BCUT2D eigenvalue weighted by atomic mass is 9.95. The molecule has 130 valence electrons. The van der Waals surface area contributed by atoms with E-state index in [0.29, 0.717) is 18.9 Å². The van der Waals surface area contributed by atoms with E-state index in [9.17, 15) is 4.79 Å².